The third-order valence-corrected chi connectivity index (χ3v) is 2.06. The van der Waals surface area contributed by atoms with Crippen molar-refractivity contribution in [1.82, 2.24) is 0 Å². The Morgan fingerprint density at radius 2 is 2.06 bits per heavy atom. The van der Waals surface area contributed by atoms with Crippen LogP contribution in [0.25, 0.3) is 0 Å². The molecule has 1 amide bonds. The lowest BCUT2D eigenvalue weighted by atomic mass is 10.2. The van der Waals surface area contributed by atoms with Gasteiger partial charge in [-0.3, -0.25) is 4.79 Å². The van der Waals surface area contributed by atoms with Crippen molar-refractivity contribution in [3.63, 3.8) is 0 Å². The fourth-order valence-electron chi connectivity index (χ4n) is 1.23. The van der Waals surface area contributed by atoms with Crippen molar-refractivity contribution in [3.05, 3.63) is 29.8 Å². The Bertz CT molecular complexity index is 369. The number of hydrogen-bond acceptors (Lipinski definition) is 2. The highest BCUT2D eigenvalue weighted by atomic mass is 19.1. The Balaban J connectivity index is 2.49. The van der Waals surface area contributed by atoms with E-state index in [1.54, 1.807) is 0 Å². The summed E-state index contributed by atoms with van der Waals surface area (Å²) in [6, 6.07) is 3.03. The van der Waals surface area contributed by atoms with E-state index in [0.717, 1.165) is 18.6 Å². The Hall–Kier alpha value is -1.49. The highest BCUT2D eigenvalue weighted by Crippen LogP contribution is 2.15. The molecule has 3 N–H and O–H groups in total. The zero-order valence-electron chi connectivity index (χ0n) is 8.80. The number of rotatable bonds is 5. The topological polar surface area (TPSA) is 55.1 Å². The fraction of sp³-hybridized carbons (Fsp3) is 0.364. The van der Waals surface area contributed by atoms with Crippen molar-refractivity contribution in [2.45, 2.75) is 19.3 Å². The van der Waals surface area contributed by atoms with Gasteiger partial charge in [-0.05, 0) is 31.5 Å². The van der Waals surface area contributed by atoms with Crippen LogP contribution in [0.4, 0.5) is 14.5 Å². The molecule has 0 saturated carbocycles. The van der Waals surface area contributed by atoms with Gasteiger partial charge in [0.05, 0.1) is 5.69 Å². The number of benzene rings is 1. The predicted molar refractivity (Wildman–Crippen MR) is 57.9 cm³/mol. The van der Waals surface area contributed by atoms with Crippen LogP contribution >= 0.6 is 0 Å². The van der Waals surface area contributed by atoms with Crippen molar-refractivity contribution < 1.29 is 13.6 Å². The third kappa shape index (κ3) is 3.94. The molecule has 0 aromatic heterocycles. The van der Waals surface area contributed by atoms with Crippen LogP contribution in [0.2, 0.25) is 0 Å². The highest BCUT2D eigenvalue weighted by Gasteiger charge is 2.07. The first-order chi connectivity index (χ1) is 7.63. The summed E-state index contributed by atoms with van der Waals surface area (Å²) >= 11 is 0. The summed E-state index contributed by atoms with van der Waals surface area (Å²) in [5.41, 5.74) is 5.27. The lowest BCUT2D eigenvalue weighted by molar-refractivity contribution is -0.116. The maximum Gasteiger partial charge on any atom is 0.224 e. The van der Waals surface area contributed by atoms with E-state index in [4.69, 9.17) is 5.73 Å². The van der Waals surface area contributed by atoms with E-state index in [1.165, 1.54) is 6.07 Å². The molecular weight excluding hydrogens is 214 g/mol. The number of carbonyl (C=O) groups is 1. The summed E-state index contributed by atoms with van der Waals surface area (Å²) in [5, 5.41) is 2.37. The average Bonchev–Trinajstić information content (AvgIpc) is 2.23. The van der Waals surface area contributed by atoms with Crippen molar-refractivity contribution in [3.8, 4) is 0 Å². The summed E-state index contributed by atoms with van der Waals surface area (Å²) in [7, 11) is 0. The molecule has 0 heterocycles. The maximum atomic E-state index is 13.1. The van der Waals surface area contributed by atoms with E-state index in [9.17, 15) is 13.6 Å². The fourth-order valence-corrected chi connectivity index (χ4v) is 1.23. The molecule has 0 aliphatic carbocycles. The van der Waals surface area contributed by atoms with Gasteiger partial charge in [-0.15, -0.1) is 0 Å². The first kappa shape index (κ1) is 12.6. The first-order valence-electron chi connectivity index (χ1n) is 5.08. The van der Waals surface area contributed by atoms with E-state index in [-0.39, 0.29) is 18.0 Å². The van der Waals surface area contributed by atoms with Crippen LogP contribution in [0.1, 0.15) is 19.3 Å². The SMILES string of the molecule is NCCCCC(=O)Nc1ccc(F)cc1F. The molecule has 1 aromatic rings. The smallest absolute Gasteiger partial charge is 0.224 e. The van der Waals surface area contributed by atoms with Crippen molar-refractivity contribution in [2.75, 3.05) is 11.9 Å². The van der Waals surface area contributed by atoms with Gasteiger partial charge in [-0.1, -0.05) is 0 Å². The van der Waals surface area contributed by atoms with Gasteiger partial charge in [0.25, 0.3) is 0 Å². The lowest BCUT2D eigenvalue weighted by Gasteiger charge is -2.05. The molecule has 1 aromatic carbocycles. The molecule has 5 heteroatoms. The van der Waals surface area contributed by atoms with Crippen LogP contribution in [0.15, 0.2) is 18.2 Å². The minimum Gasteiger partial charge on any atom is -0.330 e. The molecule has 3 nitrogen and oxygen atoms in total. The Kier molecular flexibility index (Phi) is 4.85. The molecule has 0 aliphatic heterocycles. The van der Waals surface area contributed by atoms with Crippen molar-refractivity contribution >= 4 is 11.6 Å². The zero-order valence-corrected chi connectivity index (χ0v) is 8.80. The molecule has 0 atom stereocenters. The number of anilines is 1. The molecule has 0 bridgehead atoms. The second-order valence-corrected chi connectivity index (χ2v) is 3.42. The molecular formula is C11H14F2N2O. The number of amides is 1. The standard InChI is InChI=1S/C11H14F2N2O/c12-8-4-5-10(9(13)7-8)15-11(16)3-1-2-6-14/h4-5,7H,1-3,6,14H2,(H,15,16). The van der Waals surface area contributed by atoms with Gasteiger partial charge in [0.15, 0.2) is 0 Å². The lowest BCUT2D eigenvalue weighted by Crippen LogP contribution is -2.13. The number of nitrogens with one attached hydrogen (secondary N) is 1. The van der Waals surface area contributed by atoms with Gasteiger partial charge < -0.3 is 11.1 Å². The highest BCUT2D eigenvalue weighted by molar-refractivity contribution is 5.90. The number of hydrogen-bond donors (Lipinski definition) is 2. The van der Waals surface area contributed by atoms with E-state index >= 15 is 0 Å². The maximum absolute atomic E-state index is 13.1. The molecule has 1 rings (SSSR count). The number of carbonyl (C=O) groups excluding carboxylic acids is 1. The van der Waals surface area contributed by atoms with Crippen LogP contribution in [0.3, 0.4) is 0 Å². The van der Waals surface area contributed by atoms with Gasteiger partial charge in [-0.25, -0.2) is 8.78 Å². The minimum atomic E-state index is -0.771. The largest absolute Gasteiger partial charge is 0.330 e. The van der Waals surface area contributed by atoms with E-state index in [0.29, 0.717) is 13.0 Å². The van der Waals surface area contributed by atoms with Crippen LogP contribution in [-0.4, -0.2) is 12.5 Å². The van der Waals surface area contributed by atoms with E-state index in [2.05, 4.69) is 5.32 Å². The minimum absolute atomic E-state index is 0.000788. The number of halogens is 2. The predicted octanol–water partition coefficient (Wildman–Crippen LogP) is 2.03. The summed E-state index contributed by atoms with van der Waals surface area (Å²) in [4.78, 5) is 11.3. The van der Waals surface area contributed by atoms with Crippen molar-refractivity contribution in [2.24, 2.45) is 5.73 Å². The molecule has 16 heavy (non-hydrogen) atoms. The Morgan fingerprint density at radius 3 is 2.69 bits per heavy atom. The molecule has 0 aliphatic rings. The second-order valence-electron chi connectivity index (χ2n) is 3.42. The van der Waals surface area contributed by atoms with Crippen LogP contribution in [0, 0.1) is 11.6 Å². The van der Waals surface area contributed by atoms with Gasteiger partial charge in [0.2, 0.25) is 5.91 Å². The molecule has 0 unspecified atom stereocenters. The third-order valence-electron chi connectivity index (χ3n) is 2.06. The molecule has 88 valence electrons. The van der Waals surface area contributed by atoms with Gasteiger partial charge in [-0.2, -0.15) is 0 Å². The second kappa shape index (κ2) is 6.17. The number of nitrogens with two attached hydrogens (primary N) is 1. The van der Waals surface area contributed by atoms with Gasteiger partial charge in [0, 0.05) is 12.5 Å². The van der Waals surface area contributed by atoms with Crippen molar-refractivity contribution in [1.29, 1.82) is 0 Å². The summed E-state index contributed by atoms with van der Waals surface area (Å²) in [5.74, 6) is -1.73. The Morgan fingerprint density at radius 1 is 1.31 bits per heavy atom. The quantitative estimate of drug-likeness (QED) is 0.757. The summed E-state index contributed by atoms with van der Waals surface area (Å²) in [6.45, 7) is 0.526. The zero-order chi connectivity index (χ0) is 12.0. The number of unbranched alkanes of at least 4 members (excludes halogenated alkanes) is 1. The Labute approximate surface area is 92.6 Å². The van der Waals surface area contributed by atoms with Gasteiger partial charge in [0.1, 0.15) is 11.6 Å². The normalized spacial score (nSPS) is 10.2. The molecule has 0 saturated heterocycles. The summed E-state index contributed by atoms with van der Waals surface area (Å²) in [6.07, 6.45) is 1.69. The first-order valence-corrected chi connectivity index (χ1v) is 5.08. The van der Waals surface area contributed by atoms with Crippen LogP contribution in [-0.2, 0) is 4.79 Å². The molecule has 0 fully saturated rings. The average molecular weight is 228 g/mol. The monoisotopic (exact) mass is 228 g/mol. The van der Waals surface area contributed by atoms with Crippen LogP contribution in [0.5, 0.6) is 0 Å². The van der Waals surface area contributed by atoms with Gasteiger partial charge >= 0.3 is 0 Å². The molecule has 0 spiro atoms. The van der Waals surface area contributed by atoms with Crippen LogP contribution < -0.4 is 11.1 Å². The summed E-state index contributed by atoms with van der Waals surface area (Å²) < 4.78 is 25.7. The van der Waals surface area contributed by atoms with E-state index in [1.807, 2.05) is 0 Å². The van der Waals surface area contributed by atoms with E-state index < -0.39 is 11.6 Å². The molecule has 0 radical (unpaired) electrons.